The summed E-state index contributed by atoms with van der Waals surface area (Å²) >= 11 is 2.55. The van der Waals surface area contributed by atoms with Crippen LogP contribution in [0.15, 0.2) is 30.3 Å². The number of hydrogen-bond acceptors (Lipinski definition) is 17. The molecular weight excluding hydrogens is 1110 g/mol. The van der Waals surface area contributed by atoms with Gasteiger partial charge < -0.3 is 79.5 Å². The molecule has 0 aliphatic carbocycles. The molecule has 9 amide bonds. The van der Waals surface area contributed by atoms with Crippen molar-refractivity contribution in [2.75, 3.05) is 24.0 Å². The van der Waals surface area contributed by atoms with E-state index < -0.39 is 189 Å². The first-order chi connectivity index (χ1) is 38.1. The second kappa shape index (κ2) is 38.2. The number of aliphatic carboxylic acids is 5. The molecule has 17 N–H and O–H groups in total. The fourth-order valence-electron chi connectivity index (χ4n) is 7.56. The molecule has 0 spiro atoms. The van der Waals surface area contributed by atoms with Gasteiger partial charge in [0, 0.05) is 38.5 Å². The summed E-state index contributed by atoms with van der Waals surface area (Å²) in [6.07, 6.45) is -3.43. The number of thioether (sulfide) groups is 2. The van der Waals surface area contributed by atoms with Crippen LogP contribution in [-0.4, -0.2) is 187 Å². The van der Waals surface area contributed by atoms with Gasteiger partial charge in [-0.3, -0.25) is 62.3 Å². The van der Waals surface area contributed by atoms with Crippen LogP contribution in [0.4, 0.5) is 0 Å². The zero-order valence-corrected chi connectivity index (χ0v) is 47.0. The predicted octanol–water partition coefficient (Wildman–Crippen LogP) is -2.20. The summed E-state index contributed by atoms with van der Waals surface area (Å²) in [6, 6.07) is -6.30. The van der Waals surface area contributed by atoms with Crippen molar-refractivity contribution in [3.05, 3.63) is 35.9 Å². The van der Waals surface area contributed by atoms with Gasteiger partial charge in [-0.2, -0.15) is 23.5 Å². The van der Waals surface area contributed by atoms with Gasteiger partial charge in [-0.15, -0.1) is 0 Å². The highest BCUT2D eigenvalue weighted by molar-refractivity contribution is 7.98. The molecule has 0 radical (unpaired) electrons. The molecule has 0 fully saturated rings. The van der Waals surface area contributed by atoms with Crippen molar-refractivity contribution in [2.45, 2.75) is 158 Å². The summed E-state index contributed by atoms with van der Waals surface area (Å²) in [5, 5.41) is 66.8. The molecule has 1 rings (SSSR count). The van der Waals surface area contributed by atoms with E-state index in [4.69, 9.17) is 11.5 Å². The highest BCUT2D eigenvalue weighted by Crippen LogP contribution is 2.13. The Morgan fingerprint density at radius 3 is 1.01 bits per heavy atom. The highest BCUT2D eigenvalue weighted by atomic mass is 32.2. The first kappa shape index (κ1) is 71.5. The third kappa shape index (κ3) is 30.0. The van der Waals surface area contributed by atoms with Crippen LogP contribution in [0.1, 0.15) is 103 Å². The van der Waals surface area contributed by atoms with E-state index in [0.717, 1.165) is 0 Å². The number of amides is 9. The molecule has 1 aromatic rings. The highest BCUT2D eigenvalue weighted by Gasteiger charge is 2.36. The second-order valence-electron chi connectivity index (χ2n) is 19.1. The summed E-state index contributed by atoms with van der Waals surface area (Å²) in [7, 11) is 0. The van der Waals surface area contributed by atoms with Crippen molar-refractivity contribution in [1.82, 2.24) is 42.5 Å². The summed E-state index contributed by atoms with van der Waals surface area (Å²) in [5.41, 5.74) is 11.8. The van der Waals surface area contributed by atoms with Crippen molar-refractivity contribution >= 4 is 107 Å². The Hall–Kier alpha value is -7.54. The van der Waals surface area contributed by atoms with Gasteiger partial charge in [0.15, 0.2) is 0 Å². The lowest BCUT2D eigenvalue weighted by Gasteiger charge is -2.28. The molecule has 29 nitrogen and oxygen atoms in total. The van der Waals surface area contributed by atoms with E-state index >= 15 is 0 Å². The molecule has 1 aromatic carbocycles. The lowest BCUT2D eigenvalue weighted by atomic mass is 10.0. The van der Waals surface area contributed by atoms with E-state index in [2.05, 4.69) is 42.5 Å². The Morgan fingerprint density at radius 1 is 0.420 bits per heavy atom. The molecule has 0 aromatic heterocycles. The van der Waals surface area contributed by atoms with Gasteiger partial charge in [0.1, 0.15) is 48.3 Å². The zero-order chi connectivity index (χ0) is 61.4. The average molecular weight is 1190 g/mol. The zero-order valence-electron chi connectivity index (χ0n) is 45.4. The van der Waals surface area contributed by atoms with E-state index in [0.29, 0.717) is 11.3 Å². The van der Waals surface area contributed by atoms with Crippen LogP contribution in [0.5, 0.6) is 0 Å². The van der Waals surface area contributed by atoms with Crippen LogP contribution in [0.3, 0.4) is 0 Å². The lowest BCUT2D eigenvalue weighted by Crippen LogP contribution is -2.60. The van der Waals surface area contributed by atoms with Crippen molar-refractivity contribution in [3.8, 4) is 0 Å². The molecule has 452 valence electrons. The minimum Gasteiger partial charge on any atom is -0.481 e. The number of nitrogens with one attached hydrogen (secondary N) is 8. The first-order valence-corrected chi connectivity index (χ1v) is 28.5. The number of carboxylic acids is 5. The predicted molar refractivity (Wildman–Crippen MR) is 293 cm³/mol. The topological polar surface area (TPSA) is 488 Å². The Kier molecular flexibility index (Phi) is 33.7. The first-order valence-electron chi connectivity index (χ1n) is 25.7. The molecular formula is C50H76N10O19S2. The van der Waals surface area contributed by atoms with Crippen LogP contribution in [0.2, 0.25) is 0 Å². The fraction of sp³-hybridized carbons (Fsp3) is 0.600. The molecule has 9 atom stereocenters. The SMILES string of the molecule is CSCC[C@H](NC(=O)[C@H](Cc1ccccc1)NC(=O)[C@H](CCC(=O)O)NC(=O)[C@H](CCC(=O)O)NC(=O)[C@H](CCC(=O)O)NC(=O)[C@H](CCC(=O)O)NC(=O)[C@H](CCSC)NC(=O)[C@H](CCC(N)=O)NC(=O)[C@@H](N)CC(C)C)C(=O)O. The summed E-state index contributed by atoms with van der Waals surface area (Å²) in [4.78, 5) is 181. The Balaban J connectivity index is 3.65. The minimum absolute atomic E-state index is 0.0000925. The Bertz CT molecular complexity index is 2350. The van der Waals surface area contributed by atoms with Crippen LogP contribution in [-0.2, 0) is 73.5 Å². The van der Waals surface area contributed by atoms with Gasteiger partial charge >= 0.3 is 29.8 Å². The fourth-order valence-corrected chi connectivity index (χ4v) is 8.50. The number of benzene rings is 1. The summed E-state index contributed by atoms with van der Waals surface area (Å²) in [5.74, 6) is -16.4. The van der Waals surface area contributed by atoms with Crippen molar-refractivity contribution in [1.29, 1.82) is 0 Å². The third-order valence-electron chi connectivity index (χ3n) is 11.9. The quantitative estimate of drug-likeness (QED) is 0.0330. The standard InChI is InChI=1S/C50H76N10O19S2/c1-26(2)24-28(51)42(70)53-29(10-15-37(52)61)43(71)58-34(20-22-80-3)48(76)57-32(13-18-40(66)67)46(74)55-30(11-16-38(62)63)44(72)54-31(12-17-39(64)65)45(73)56-33(14-19-41(68)69)47(75)60-36(25-27-8-6-5-7-9-27)49(77)59-35(50(78)79)21-23-81-4/h5-9,26,28-36H,10-25,51H2,1-4H3,(H2,52,61)(H,53,70)(H,54,72)(H,55,74)(H,56,73)(H,57,76)(H,58,71)(H,59,77)(H,60,75)(H,62,63)(H,64,65)(H,66,67)(H,68,69)(H,78,79)/t28-,29-,30-,31-,32-,33-,34-,35-,36-/m0/s1. The van der Waals surface area contributed by atoms with Crippen molar-refractivity contribution in [2.24, 2.45) is 17.4 Å². The molecule has 0 saturated carbocycles. The molecule has 0 aliphatic rings. The smallest absolute Gasteiger partial charge is 0.326 e. The van der Waals surface area contributed by atoms with Gasteiger partial charge in [0.2, 0.25) is 53.2 Å². The van der Waals surface area contributed by atoms with E-state index in [1.807, 2.05) is 0 Å². The second-order valence-corrected chi connectivity index (χ2v) is 21.0. The molecule has 0 saturated heterocycles. The number of hydrogen-bond donors (Lipinski definition) is 15. The van der Waals surface area contributed by atoms with Gasteiger partial charge in [-0.1, -0.05) is 44.2 Å². The van der Waals surface area contributed by atoms with Crippen molar-refractivity contribution in [3.63, 3.8) is 0 Å². The number of rotatable bonds is 42. The van der Waals surface area contributed by atoms with Crippen LogP contribution < -0.4 is 54.0 Å². The third-order valence-corrected chi connectivity index (χ3v) is 13.2. The van der Waals surface area contributed by atoms with Gasteiger partial charge in [0.05, 0.1) is 6.04 Å². The summed E-state index contributed by atoms with van der Waals surface area (Å²) < 4.78 is 0. The molecule has 0 aliphatic heterocycles. The maximum absolute atomic E-state index is 14.1. The monoisotopic (exact) mass is 1180 g/mol. The number of carbonyl (C=O) groups excluding carboxylic acids is 9. The number of primary amides is 1. The Labute approximate surface area is 475 Å². The van der Waals surface area contributed by atoms with E-state index in [1.54, 1.807) is 56.7 Å². The maximum Gasteiger partial charge on any atom is 0.326 e. The molecule has 0 unspecified atom stereocenters. The van der Waals surface area contributed by atoms with Crippen LogP contribution >= 0.6 is 23.5 Å². The summed E-state index contributed by atoms with van der Waals surface area (Å²) in [6.45, 7) is 3.61. The van der Waals surface area contributed by atoms with Gasteiger partial charge in [-0.05, 0) is 86.9 Å². The molecule has 81 heavy (non-hydrogen) atoms. The average Bonchev–Trinajstić information content (AvgIpc) is 3.38. The van der Waals surface area contributed by atoms with Crippen molar-refractivity contribution < 1.29 is 92.7 Å². The van der Waals surface area contributed by atoms with Gasteiger partial charge in [-0.25, -0.2) is 4.79 Å². The molecule has 0 heterocycles. The van der Waals surface area contributed by atoms with E-state index in [1.165, 1.54) is 23.5 Å². The van der Waals surface area contributed by atoms with Gasteiger partial charge in [0.25, 0.3) is 0 Å². The number of carboxylic acid groups (broad SMARTS) is 5. The minimum atomic E-state index is -1.93. The Morgan fingerprint density at radius 2 is 0.704 bits per heavy atom. The van der Waals surface area contributed by atoms with Crippen LogP contribution in [0, 0.1) is 5.92 Å². The maximum atomic E-state index is 14.1. The van der Waals surface area contributed by atoms with E-state index in [9.17, 15) is 92.7 Å². The van der Waals surface area contributed by atoms with E-state index in [-0.39, 0.29) is 50.2 Å². The largest absolute Gasteiger partial charge is 0.481 e. The number of nitrogens with two attached hydrogens (primary N) is 2. The number of carbonyl (C=O) groups is 14. The molecule has 0 bridgehead atoms. The molecule has 31 heteroatoms. The van der Waals surface area contributed by atoms with Crippen LogP contribution in [0.25, 0.3) is 0 Å². The lowest BCUT2D eigenvalue weighted by molar-refractivity contribution is -0.142. The normalized spacial score (nSPS) is 14.3.